The minimum Gasteiger partial charge on any atom is -0.462 e. The molecule has 0 bridgehead atoms. The van der Waals surface area contributed by atoms with Crippen molar-refractivity contribution in [3.05, 3.63) is 36.0 Å². The predicted octanol–water partition coefficient (Wildman–Crippen LogP) is 3.26. The topological polar surface area (TPSA) is 71.6 Å². The predicted molar refractivity (Wildman–Crippen MR) is 94.3 cm³/mol. The molecule has 1 aliphatic heterocycles. The number of para-hydroxylation sites is 1. The summed E-state index contributed by atoms with van der Waals surface area (Å²) in [5.74, 6) is -0.229. The Kier molecular flexibility index (Phi) is 5.26. The van der Waals surface area contributed by atoms with Crippen LogP contribution in [0.1, 0.15) is 32.3 Å². The number of hydrogen-bond acceptors (Lipinski definition) is 4. The van der Waals surface area contributed by atoms with Crippen LogP contribution in [0.5, 0.6) is 0 Å². The summed E-state index contributed by atoms with van der Waals surface area (Å²) in [6, 6.07) is 7.89. The molecule has 1 amide bonds. The van der Waals surface area contributed by atoms with Crippen LogP contribution in [0.2, 0.25) is 0 Å². The molecule has 1 N–H and O–H groups in total. The van der Waals surface area contributed by atoms with Gasteiger partial charge < -0.3 is 19.4 Å². The van der Waals surface area contributed by atoms with Gasteiger partial charge in [0.05, 0.1) is 12.5 Å². The van der Waals surface area contributed by atoms with Gasteiger partial charge in [0.15, 0.2) is 0 Å². The van der Waals surface area contributed by atoms with Crippen molar-refractivity contribution in [2.45, 2.75) is 45.3 Å². The lowest BCUT2D eigenvalue weighted by Gasteiger charge is -2.31. The van der Waals surface area contributed by atoms with E-state index in [0.29, 0.717) is 25.9 Å². The molecule has 1 saturated heterocycles. The molecule has 1 aliphatic rings. The number of carbonyl (C=O) groups is 2. The number of piperidine rings is 1. The molecule has 2 heterocycles. The van der Waals surface area contributed by atoms with Crippen LogP contribution in [0.25, 0.3) is 10.9 Å². The summed E-state index contributed by atoms with van der Waals surface area (Å²) in [7, 11) is 0. The first-order valence-corrected chi connectivity index (χ1v) is 8.73. The third-order valence-electron chi connectivity index (χ3n) is 4.34. The summed E-state index contributed by atoms with van der Waals surface area (Å²) < 4.78 is 10.8. The van der Waals surface area contributed by atoms with Crippen molar-refractivity contribution in [1.82, 2.24) is 9.88 Å². The number of nitrogens with zero attached hydrogens (tertiary/aromatic N) is 1. The zero-order valence-corrected chi connectivity index (χ0v) is 14.7. The second-order valence-corrected chi connectivity index (χ2v) is 6.65. The molecule has 2 aromatic rings. The molecule has 6 heteroatoms. The van der Waals surface area contributed by atoms with Gasteiger partial charge in [-0.25, -0.2) is 4.79 Å². The van der Waals surface area contributed by atoms with Crippen LogP contribution < -0.4 is 0 Å². The van der Waals surface area contributed by atoms with E-state index in [1.165, 1.54) is 0 Å². The molecule has 0 radical (unpaired) electrons. The van der Waals surface area contributed by atoms with Crippen molar-refractivity contribution < 1.29 is 19.1 Å². The highest BCUT2D eigenvalue weighted by atomic mass is 16.6. The molecule has 0 spiro atoms. The Morgan fingerprint density at radius 3 is 2.68 bits per heavy atom. The van der Waals surface area contributed by atoms with Gasteiger partial charge in [-0.3, -0.25) is 4.79 Å². The van der Waals surface area contributed by atoms with Gasteiger partial charge in [0.1, 0.15) is 6.10 Å². The summed E-state index contributed by atoms with van der Waals surface area (Å²) >= 11 is 0. The largest absolute Gasteiger partial charge is 0.462 e. The van der Waals surface area contributed by atoms with Crippen LogP contribution in [0, 0.1) is 0 Å². The van der Waals surface area contributed by atoms with Gasteiger partial charge in [-0.2, -0.15) is 0 Å². The fourth-order valence-corrected chi connectivity index (χ4v) is 3.09. The Labute approximate surface area is 147 Å². The molecular weight excluding hydrogens is 320 g/mol. The molecular formula is C19H24N2O4. The Balaban J connectivity index is 1.49. The summed E-state index contributed by atoms with van der Waals surface area (Å²) in [5.41, 5.74) is 1.96. The van der Waals surface area contributed by atoms with E-state index in [-0.39, 0.29) is 30.7 Å². The Hall–Kier alpha value is -2.50. The number of amides is 1. The Bertz CT molecular complexity index is 745. The molecule has 134 valence electrons. The lowest BCUT2D eigenvalue weighted by Crippen LogP contribution is -2.42. The first-order chi connectivity index (χ1) is 12.0. The minimum atomic E-state index is -0.293. The van der Waals surface area contributed by atoms with E-state index in [0.717, 1.165) is 16.5 Å². The van der Waals surface area contributed by atoms with Crippen molar-refractivity contribution in [2.75, 3.05) is 13.1 Å². The van der Waals surface area contributed by atoms with Crippen LogP contribution in [0.4, 0.5) is 4.79 Å². The van der Waals surface area contributed by atoms with Gasteiger partial charge in [-0.05, 0) is 25.5 Å². The van der Waals surface area contributed by atoms with Crippen molar-refractivity contribution in [3.8, 4) is 0 Å². The number of ether oxygens (including phenoxy) is 2. The van der Waals surface area contributed by atoms with Crippen molar-refractivity contribution in [1.29, 1.82) is 0 Å². The SMILES string of the molecule is CC(C)OC(=O)N1CCC(OC(=O)Cc2c[nH]c3ccccc23)CC1. The number of rotatable bonds is 4. The molecule has 0 unspecified atom stereocenters. The van der Waals surface area contributed by atoms with Crippen LogP contribution in [-0.2, 0) is 20.7 Å². The fourth-order valence-electron chi connectivity index (χ4n) is 3.09. The van der Waals surface area contributed by atoms with E-state index < -0.39 is 0 Å². The van der Waals surface area contributed by atoms with E-state index in [9.17, 15) is 9.59 Å². The van der Waals surface area contributed by atoms with Gasteiger partial charge in [-0.1, -0.05) is 18.2 Å². The number of likely N-dealkylation sites (tertiary alicyclic amines) is 1. The average molecular weight is 344 g/mol. The minimum absolute atomic E-state index is 0.126. The normalized spacial score (nSPS) is 15.6. The van der Waals surface area contributed by atoms with Crippen LogP contribution in [-0.4, -0.2) is 47.2 Å². The van der Waals surface area contributed by atoms with Gasteiger partial charge in [-0.15, -0.1) is 0 Å². The van der Waals surface area contributed by atoms with Crippen LogP contribution >= 0.6 is 0 Å². The van der Waals surface area contributed by atoms with Gasteiger partial charge in [0.2, 0.25) is 0 Å². The van der Waals surface area contributed by atoms with Gasteiger partial charge >= 0.3 is 12.1 Å². The zero-order chi connectivity index (χ0) is 17.8. The van der Waals surface area contributed by atoms with E-state index in [1.807, 2.05) is 44.3 Å². The Morgan fingerprint density at radius 2 is 1.96 bits per heavy atom. The molecule has 1 aromatic heterocycles. The van der Waals surface area contributed by atoms with E-state index in [1.54, 1.807) is 4.90 Å². The van der Waals surface area contributed by atoms with Crippen LogP contribution in [0.3, 0.4) is 0 Å². The van der Waals surface area contributed by atoms with Crippen molar-refractivity contribution >= 4 is 23.0 Å². The first kappa shape index (κ1) is 17.3. The lowest BCUT2D eigenvalue weighted by atomic mass is 10.1. The first-order valence-electron chi connectivity index (χ1n) is 8.73. The lowest BCUT2D eigenvalue weighted by molar-refractivity contribution is -0.150. The molecule has 0 atom stereocenters. The number of fused-ring (bicyclic) bond motifs is 1. The summed E-state index contributed by atoms with van der Waals surface area (Å²) in [6.45, 7) is 4.77. The Morgan fingerprint density at radius 1 is 1.24 bits per heavy atom. The van der Waals surface area contributed by atoms with Gasteiger partial charge in [0.25, 0.3) is 0 Å². The molecule has 6 nitrogen and oxygen atoms in total. The number of hydrogen-bond donors (Lipinski definition) is 1. The van der Waals surface area contributed by atoms with Crippen molar-refractivity contribution in [3.63, 3.8) is 0 Å². The quantitative estimate of drug-likeness (QED) is 0.864. The summed E-state index contributed by atoms with van der Waals surface area (Å²) in [5, 5.41) is 1.05. The summed E-state index contributed by atoms with van der Waals surface area (Å²) in [4.78, 5) is 28.9. The summed E-state index contributed by atoms with van der Waals surface area (Å²) in [6.07, 6.45) is 2.84. The fraction of sp³-hybridized carbons (Fsp3) is 0.474. The van der Waals surface area contributed by atoms with E-state index in [4.69, 9.17) is 9.47 Å². The molecule has 0 aliphatic carbocycles. The highest BCUT2D eigenvalue weighted by Crippen LogP contribution is 2.20. The monoisotopic (exact) mass is 344 g/mol. The van der Waals surface area contributed by atoms with Crippen LogP contribution in [0.15, 0.2) is 30.5 Å². The molecule has 0 saturated carbocycles. The maximum absolute atomic E-state index is 12.2. The molecule has 3 rings (SSSR count). The van der Waals surface area contributed by atoms with Crippen molar-refractivity contribution in [2.24, 2.45) is 0 Å². The van der Waals surface area contributed by atoms with E-state index in [2.05, 4.69) is 4.98 Å². The highest BCUT2D eigenvalue weighted by molar-refractivity contribution is 5.87. The highest BCUT2D eigenvalue weighted by Gasteiger charge is 2.26. The third-order valence-corrected chi connectivity index (χ3v) is 4.34. The van der Waals surface area contributed by atoms with Gasteiger partial charge in [0, 0.05) is 43.0 Å². The van der Waals surface area contributed by atoms with E-state index >= 15 is 0 Å². The molecule has 25 heavy (non-hydrogen) atoms. The maximum Gasteiger partial charge on any atom is 0.410 e. The number of H-pyrrole nitrogens is 1. The number of benzene rings is 1. The second kappa shape index (κ2) is 7.59. The number of aromatic nitrogens is 1. The second-order valence-electron chi connectivity index (χ2n) is 6.65. The third kappa shape index (κ3) is 4.32. The average Bonchev–Trinajstić information content (AvgIpc) is 2.98. The number of esters is 1. The standard InChI is InChI=1S/C19H24N2O4/c1-13(2)24-19(23)21-9-7-15(8-10-21)25-18(22)11-14-12-20-17-6-4-3-5-16(14)17/h3-6,12-13,15,20H,7-11H2,1-2H3. The molecule has 1 fully saturated rings. The zero-order valence-electron chi connectivity index (χ0n) is 14.7. The number of carbonyl (C=O) groups excluding carboxylic acids is 2. The smallest absolute Gasteiger partial charge is 0.410 e. The number of aromatic amines is 1. The number of nitrogens with one attached hydrogen (secondary N) is 1. The maximum atomic E-state index is 12.2. The molecule has 1 aromatic carbocycles.